The first-order valence-corrected chi connectivity index (χ1v) is 7.77. The zero-order valence-corrected chi connectivity index (χ0v) is 12.8. The highest BCUT2D eigenvalue weighted by molar-refractivity contribution is 5.21. The van der Waals surface area contributed by atoms with Crippen LogP contribution < -0.4 is 5.32 Å². The summed E-state index contributed by atoms with van der Waals surface area (Å²) in [6, 6.07) is 3.46. The van der Waals surface area contributed by atoms with Crippen LogP contribution in [0, 0.1) is 6.92 Å². The van der Waals surface area contributed by atoms with Crippen LogP contribution in [-0.2, 0) is 17.8 Å². The van der Waals surface area contributed by atoms with E-state index in [-0.39, 0.29) is 0 Å². The molecule has 0 aromatic carbocycles. The summed E-state index contributed by atoms with van der Waals surface area (Å²) in [5.74, 6) is 2.12. The molecule has 1 aromatic heterocycles. The van der Waals surface area contributed by atoms with Crippen LogP contribution in [0.5, 0.6) is 0 Å². The van der Waals surface area contributed by atoms with Gasteiger partial charge in [-0.05, 0) is 46.2 Å². The fraction of sp³-hybridized carbons (Fsp3) is 0.750. The highest BCUT2D eigenvalue weighted by Crippen LogP contribution is 2.24. The largest absolute Gasteiger partial charge is 0.465 e. The van der Waals surface area contributed by atoms with E-state index in [2.05, 4.69) is 37.2 Å². The average molecular weight is 278 g/mol. The smallest absolute Gasteiger partial charge is 0.118 e. The Morgan fingerprint density at radius 2 is 2.15 bits per heavy atom. The summed E-state index contributed by atoms with van der Waals surface area (Å²) in [4.78, 5) is 2.40. The minimum atomic E-state index is 0.336. The third kappa shape index (κ3) is 3.25. The second kappa shape index (κ2) is 5.88. The van der Waals surface area contributed by atoms with Crippen molar-refractivity contribution in [2.45, 2.75) is 64.4 Å². The van der Waals surface area contributed by atoms with Crippen molar-refractivity contribution in [2.75, 3.05) is 13.7 Å². The molecule has 2 unspecified atom stereocenters. The van der Waals surface area contributed by atoms with Gasteiger partial charge in [-0.3, -0.25) is 4.90 Å². The van der Waals surface area contributed by atoms with E-state index in [9.17, 15) is 0 Å². The third-order valence-corrected chi connectivity index (χ3v) is 4.54. The number of rotatable bonds is 6. The van der Waals surface area contributed by atoms with Gasteiger partial charge in [0.25, 0.3) is 0 Å². The minimum absolute atomic E-state index is 0.336. The van der Waals surface area contributed by atoms with Crippen molar-refractivity contribution in [3.05, 3.63) is 23.2 Å². The standard InChI is InChI=1S/C16H26N2O2/c1-11-13(8-15(20-11)9-17-14-4-5-14)10-18(3)16-6-7-19-12(16)2/h8,12,14,16-17H,4-7,9-10H2,1-3H3. The molecule has 0 amide bonds. The predicted octanol–water partition coefficient (Wildman–Crippen LogP) is 2.45. The van der Waals surface area contributed by atoms with Gasteiger partial charge in [-0.25, -0.2) is 0 Å². The summed E-state index contributed by atoms with van der Waals surface area (Å²) < 4.78 is 11.5. The first-order chi connectivity index (χ1) is 9.63. The molecule has 1 aromatic rings. The van der Waals surface area contributed by atoms with Crippen molar-refractivity contribution in [3.8, 4) is 0 Å². The molecule has 112 valence electrons. The van der Waals surface area contributed by atoms with Crippen LogP contribution in [0.4, 0.5) is 0 Å². The number of hydrogen-bond acceptors (Lipinski definition) is 4. The molecule has 1 aliphatic carbocycles. The van der Waals surface area contributed by atoms with Crippen molar-refractivity contribution in [1.82, 2.24) is 10.2 Å². The normalized spacial score (nSPS) is 26.6. The maximum Gasteiger partial charge on any atom is 0.118 e. The molecular weight excluding hydrogens is 252 g/mol. The molecule has 0 bridgehead atoms. The Morgan fingerprint density at radius 1 is 1.35 bits per heavy atom. The van der Waals surface area contributed by atoms with Gasteiger partial charge in [0.1, 0.15) is 11.5 Å². The molecule has 4 nitrogen and oxygen atoms in total. The lowest BCUT2D eigenvalue weighted by Crippen LogP contribution is -2.36. The Balaban J connectivity index is 1.58. The molecule has 0 spiro atoms. The summed E-state index contributed by atoms with van der Waals surface area (Å²) >= 11 is 0. The van der Waals surface area contributed by atoms with Crippen LogP contribution in [0.1, 0.15) is 43.3 Å². The molecular formula is C16H26N2O2. The molecule has 1 saturated heterocycles. The lowest BCUT2D eigenvalue weighted by molar-refractivity contribution is 0.0813. The SMILES string of the molecule is Cc1oc(CNC2CC2)cc1CN(C)C1CCOC1C. The molecule has 1 N–H and O–H groups in total. The van der Waals surface area contributed by atoms with Crippen LogP contribution in [0.2, 0.25) is 0 Å². The number of ether oxygens (including phenoxy) is 1. The van der Waals surface area contributed by atoms with E-state index >= 15 is 0 Å². The summed E-state index contributed by atoms with van der Waals surface area (Å²) in [5.41, 5.74) is 1.30. The van der Waals surface area contributed by atoms with Gasteiger partial charge in [0.2, 0.25) is 0 Å². The second-order valence-corrected chi connectivity index (χ2v) is 6.30. The van der Waals surface area contributed by atoms with Crippen molar-refractivity contribution >= 4 is 0 Å². The number of likely N-dealkylation sites (N-methyl/N-ethyl adjacent to an activating group) is 1. The van der Waals surface area contributed by atoms with Crippen molar-refractivity contribution < 1.29 is 9.15 Å². The van der Waals surface area contributed by atoms with Gasteiger partial charge in [-0.15, -0.1) is 0 Å². The lowest BCUT2D eigenvalue weighted by Gasteiger charge is -2.26. The quantitative estimate of drug-likeness (QED) is 0.867. The fourth-order valence-electron chi connectivity index (χ4n) is 3.05. The zero-order chi connectivity index (χ0) is 14.1. The summed E-state index contributed by atoms with van der Waals surface area (Å²) in [7, 11) is 2.18. The van der Waals surface area contributed by atoms with Crippen LogP contribution in [0.25, 0.3) is 0 Å². The first-order valence-electron chi connectivity index (χ1n) is 7.77. The zero-order valence-electron chi connectivity index (χ0n) is 12.8. The van der Waals surface area contributed by atoms with Gasteiger partial charge in [-0.1, -0.05) is 0 Å². The highest BCUT2D eigenvalue weighted by atomic mass is 16.5. The molecule has 2 aliphatic rings. The van der Waals surface area contributed by atoms with Gasteiger partial charge in [0.05, 0.1) is 12.6 Å². The number of nitrogens with zero attached hydrogens (tertiary/aromatic N) is 1. The number of nitrogens with one attached hydrogen (secondary N) is 1. The molecule has 20 heavy (non-hydrogen) atoms. The van der Waals surface area contributed by atoms with Crippen LogP contribution in [0.3, 0.4) is 0 Å². The fourth-order valence-corrected chi connectivity index (χ4v) is 3.05. The van der Waals surface area contributed by atoms with E-state index in [0.717, 1.165) is 43.7 Å². The van der Waals surface area contributed by atoms with Crippen molar-refractivity contribution in [3.63, 3.8) is 0 Å². The first kappa shape index (κ1) is 14.1. The molecule has 2 fully saturated rings. The third-order valence-electron chi connectivity index (χ3n) is 4.54. The van der Waals surface area contributed by atoms with Crippen LogP contribution in [-0.4, -0.2) is 36.7 Å². The molecule has 1 aliphatic heterocycles. The summed E-state index contributed by atoms with van der Waals surface area (Å²) in [6.07, 6.45) is 4.09. The minimum Gasteiger partial charge on any atom is -0.465 e. The van der Waals surface area contributed by atoms with Gasteiger partial charge < -0.3 is 14.5 Å². The second-order valence-electron chi connectivity index (χ2n) is 6.30. The molecule has 4 heteroatoms. The van der Waals surface area contributed by atoms with E-state index in [1.165, 1.54) is 18.4 Å². The van der Waals surface area contributed by atoms with Gasteiger partial charge in [0.15, 0.2) is 0 Å². The van der Waals surface area contributed by atoms with E-state index in [4.69, 9.17) is 9.15 Å². The Morgan fingerprint density at radius 3 is 2.80 bits per heavy atom. The van der Waals surface area contributed by atoms with Crippen LogP contribution >= 0.6 is 0 Å². The van der Waals surface area contributed by atoms with Gasteiger partial charge in [-0.2, -0.15) is 0 Å². The summed E-state index contributed by atoms with van der Waals surface area (Å²) in [5, 5.41) is 3.50. The van der Waals surface area contributed by atoms with Crippen LogP contribution in [0.15, 0.2) is 10.5 Å². The Labute approximate surface area is 121 Å². The average Bonchev–Trinajstić information content (AvgIpc) is 3.05. The Bertz CT molecular complexity index is 453. The molecule has 1 saturated carbocycles. The van der Waals surface area contributed by atoms with Crippen molar-refractivity contribution in [1.29, 1.82) is 0 Å². The maximum absolute atomic E-state index is 5.86. The van der Waals surface area contributed by atoms with Gasteiger partial charge >= 0.3 is 0 Å². The highest BCUT2D eigenvalue weighted by Gasteiger charge is 2.28. The van der Waals surface area contributed by atoms with E-state index in [1.54, 1.807) is 0 Å². The number of furan rings is 1. The molecule has 0 radical (unpaired) electrons. The predicted molar refractivity (Wildman–Crippen MR) is 78.6 cm³/mol. The van der Waals surface area contributed by atoms with Crippen molar-refractivity contribution in [2.24, 2.45) is 0 Å². The van der Waals surface area contributed by atoms with E-state index < -0.39 is 0 Å². The Hall–Kier alpha value is -0.840. The molecule has 2 heterocycles. The van der Waals surface area contributed by atoms with Gasteiger partial charge in [0, 0.05) is 30.8 Å². The van der Waals surface area contributed by atoms with E-state index in [0.29, 0.717) is 12.1 Å². The summed E-state index contributed by atoms with van der Waals surface area (Å²) in [6.45, 7) is 6.92. The monoisotopic (exact) mass is 278 g/mol. The lowest BCUT2D eigenvalue weighted by atomic mass is 10.1. The Kier molecular flexibility index (Phi) is 4.15. The maximum atomic E-state index is 5.86. The topological polar surface area (TPSA) is 37.6 Å². The molecule has 3 rings (SSSR count). The number of hydrogen-bond donors (Lipinski definition) is 1. The molecule has 2 atom stereocenters. The van der Waals surface area contributed by atoms with E-state index in [1.807, 2.05) is 0 Å². The number of aryl methyl sites for hydroxylation is 1.